The van der Waals surface area contributed by atoms with E-state index in [9.17, 15) is 14.4 Å². The van der Waals surface area contributed by atoms with Gasteiger partial charge >= 0.3 is 12.1 Å². The molecule has 1 unspecified atom stereocenters. The van der Waals surface area contributed by atoms with E-state index in [4.69, 9.17) is 11.6 Å². The van der Waals surface area contributed by atoms with Crippen LogP contribution in [0, 0.1) is 5.92 Å². The van der Waals surface area contributed by atoms with Crippen LogP contribution in [0.5, 0.6) is 0 Å². The lowest BCUT2D eigenvalue weighted by molar-refractivity contribution is -0.133. The van der Waals surface area contributed by atoms with Crippen molar-refractivity contribution in [3.63, 3.8) is 0 Å². The summed E-state index contributed by atoms with van der Waals surface area (Å²) in [5.74, 6) is 0.0822. The largest absolute Gasteiger partial charge is 0.453 e. The van der Waals surface area contributed by atoms with Gasteiger partial charge in [0.25, 0.3) is 0 Å². The molecule has 1 heterocycles. The van der Waals surface area contributed by atoms with Gasteiger partial charge in [-0.15, -0.1) is 0 Å². The number of nitrogens with zero attached hydrogens (tertiary/aromatic N) is 2. The number of methoxy groups -OCH3 is 1. The van der Waals surface area contributed by atoms with Crippen LogP contribution < -0.4 is 10.6 Å². The molecule has 4 amide bonds. The van der Waals surface area contributed by atoms with Gasteiger partial charge in [0, 0.05) is 36.9 Å². The van der Waals surface area contributed by atoms with Crippen molar-refractivity contribution in [2.75, 3.05) is 38.6 Å². The predicted molar refractivity (Wildman–Crippen MR) is 112 cm³/mol. The molecule has 160 valence electrons. The third-order valence-electron chi connectivity index (χ3n) is 4.67. The molecule has 0 bridgehead atoms. The van der Waals surface area contributed by atoms with E-state index in [1.165, 1.54) is 7.11 Å². The van der Waals surface area contributed by atoms with Gasteiger partial charge in [0.05, 0.1) is 7.11 Å². The van der Waals surface area contributed by atoms with Crippen LogP contribution in [0.1, 0.15) is 26.7 Å². The van der Waals surface area contributed by atoms with Gasteiger partial charge in [0.1, 0.15) is 6.04 Å². The van der Waals surface area contributed by atoms with Gasteiger partial charge in [0.15, 0.2) is 0 Å². The first-order chi connectivity index (χ1) is 13.8. The Kier molecular flexibility index (Phi) is 8.57. The summed E-state index contributed by atoms with van der Waals surface area (Å²) in [6.07, 6.45) is 0.556. The minimum Gasteiger partial charge on any atom is -0.453 e. The number of halogens is 1. The molecule has 9 heteroatoms. The summed E-state index contributed by atoms with van der Waals surface area (Å²) >= 11 is 5.87. The minimum absolute atomic E-state index is 0.149. The van der Waals surface area contributed by atoms with Crippen LogP contribution in [-0.2, 0) is 9.53 Å². The maximum absolute atomic E-state index is 13.0. The highest BCUT2D eigenvalue weighted by Gasteiger charge is 2.29. The van der Waals surface area contributed by atoms with Crippen molar-refractivity contribution in [2.45, 2.75) is 32.7 Å². The van der Waals surface area contributed by atoms with Crippen molar-refractivity contribution >= 4 is 35.3 Å². The molecule has 1 aliphatic heterocycles. The van der Waals surface area contributed by atoms with Crippen LogP contribution in [0.25, 0.3) is 0 Å². The monoisotopic (exact) mass is 424 g/mol. The molecule has 8 nitrogen and oxygen atoms in total. The summed E-state index contributed by atoms with van der Waals surface area (Å²) in [5.41, 5.74) is 0.663. The smallest absolute Gasteiger partial charge is 0.407 e. The molecule has 1 aliphatic rings. The van der Waals surface area contributed by atoms with Gasteiger partial charge in [0.2, 0.25) is 5.91 Å². The van der Waals surface area contributed by atoms with Gasteiger partial charge in [-0.05, 0) is 43.0 Å². The van der Waals surface area contributed by atoms with E-state index in [-0.39, 0.29) is 17.9 Å². The number of urea groups is 1. The van der Waals surface area contributed by atoms with E-state index in [0.29, 0.717) is 49.7 Å². The maximum Gasteiger partial charge on any atom is 0.407 e. The van der Waals surface area contributed by atoms with E-state index in [2.05, 4.69) is 15.4 Å². The van der Waals surface area contributed by atoms with Crippen LogP contribution in [0.4, 0.5) is 15.3 Å². The number of carbonyl (C=O) groups is 3. The molecule has 1 fully saturated rings. The molecule has 2 N–H and O–H groups in total. The fourth-order valence-corrected chi connectivity index (χ4v) is 3.32. The third kappa shape index (κ3) is 7.12. The van der Waals surface area contributed by atoms with Crippen molar-refractivity contribution in [1.29, 1.82) is 0 Å². The number of hydrogen-bond acceptors (Lipinski definition) is 4. The van der Waals surface area contributed by atoms with Crippen molar-refractivity contribution in [2.24, 2.45) is 5.92 Å². The van der Waals surface area contributed by atoms with Crippen molar-refractivity contribution in [1.82, 2.24) is 15.1 Å². The van der Waals surface area contributed by atoms with Crippen LogP contribution in [0.3, 0.4) is 0 Å². The lowest BCUT2D eigenvalue weighted by Gasteiger charge is -2.27. The number of carbonyl (C=O) groups excluding carboxylic acids is 3. The van der Waals surface area contributed by atoms with Crippen LogP contribution in [0.2, 0.25) is 5.02 Å². The molecule has 1 aromatic rings. The quantitative estimate of drug-likeness (QED) is 0.759. The second-order valence-corrected chi connectivity index (χ2v) is 7.86. The predicted octanol–water partition coefficient (Wildman–Crippen LogP) is 3.18. The van der Waals surface area contributed by atoms with E-state index in [1.54, 1.807) is 34.1 Å². The average molecular weight is 425 g/mol. The fraction of sp³-hybridized carbons (Fsp3) is 0.550. The summed E-state index contributed by atoms with van der Waals surface area (Å²) in [4.78, 5) is 40.5. The zero-order chi connectivity index (χ0) is 21.4. The van der Waals surface area contributed by atoms with Crippen molar-refractivity contribution in [3.8, 4) is 0 Å². The number of amides is 4. The molecule has 1 atom stereocenters. The Labute approximate surface area is 176 Å². The highest BCUT2D eigenvalue weighted by molar-refractivity contribution is 6.30. The second-order valence-electron chi connectivity index (χ2n) is 7.42. The number of alkyl carbamates (subject to hydrolysis) is 1. The van der Waals surface area contributed by atoms with Crippen molar-refractivity contribution in [3.05, 3.63) is 29.3 Å². The van der Waals surface area contributed by atoms with Gasteiger partial charge in [-0.25, -0.2) is 9.59 Å². The minimum atomic E-state index is -0.642. The Morgan fingerprint density at radius 3 is 2.31 bits per heavy atom. The lowest BCUT2D eigenvalue weighted by atomic mass is 10.0. The SMILES string of the molecule is COC(=O)NC(CC(C)C)C(=O)N1CCCN(C(=O)Nc2ccc(Cl)cc2)CC1. The Morgan fingerprint density at radius 2 is 1.69 bits per heavy atom. The maximum atomic E-state index is 13.0. The number of nitrogens with one attached hydrogen (secondary N) is 2. The first kappa shape index (κ1) is 22.8. The first-order valence-corrected chi connectivity index (χ1v) is 10.1. The summed E-state index contributed by atoms with van der Waals surface area (Å²) < 4.78 is 4.65. The average Bonchev–Trinajstić information content (AvgIpc) is 2.94. The number of rotatable bonds is 5. The zero-order valence-electron chi connectivity index (χ0n) is 17.1. The number of anilines is 1. The first-order valence-electron chi connectivity index (χ1n) is 9.75. The van der Waals surface area contributed by atoms with Crippen molar-refractivity contribution < 1.29 is 19.1 Å². The lowest BCUT2D eigenvalue weighted by Crippen LogP contribution is -2.50. The molecule has 29 heavy (non-hydrogen) atoms. The Bertz CT molecular complexity index is 711. The summed E-state index contributed by atoms with van der Waals surface area (Å²) in [6, 6.07) is 6.04. The zero-order valence-corrected chi connectivity index (χ0v) is 17.9. The molecular formula is C20H29ClN4O4. The van der Waals surface area contributed by atoms with Crippen LogP contribution in [0.15, 0.2) is 24.3 Å². The van der Waals surface area contributed by atoms with Gasteiger partial charge in [-0.2, -0.15) is 0 Å². The van der Waals surface area contributed by atoms with Gasteiger partial charge < -0.3 is 25.2 Å². The van der Waals surface area contributed by atoms with Crippen LogP contribution >= 0.6 is 11.6 Å². The molecule has 2 rings (SSSR count). The molecule has 0 aliphatic carbocycles. The summed E-state index contributed by atoms with van der Waals surface area (Å²) in [7, 11) is 1.27. The topological polar surface area (TPSA) is 91.0 Å². The third-order valence-corrected chi connectivity index (χ3v) is 4.92. The fourth-order valence-electron chi connectivity index (χ4n) is 3.19. The molecular weight excluding hydrogens is 396 g/mol. The van der Waals surface area contributed by atoms with E-state index in [1.807, 2.05) is 13.8 Å². The molecule has 0 spiro atoms. The number of ether oxygens (including phenoxy) is 1. The molecule has 0 saturated carbocycles. The normalized spacial score (nSPS) is 15.5. The Hall–Kier alpha value is -2.48. The molecule has 1 aromatic carbocycles. The van der Waals surface area contributed by atoms with Crippen LogP contribution in [-0.4, -0.2) is 67.2 Å². The number of hydrogen-bond donors (Lipinski definition) is 2. The summed E-state index contributed by atoms with van der Waals surface area (Å²) in [6.45, 7) is 5.88. The molecule has 0 radical (unpaired) electrons. The van der Waals surface area contributed by atoms with Gasteiger partial charge in [-0.1, -0.05) is 25.4 Å². The second kappa shape index (κ2) is 10.9. The highest BCUT2D eigenvalue weighted by atomic mass is 35.5. The molecule has 0 aromatic heterocycles. The molecule has 1 saturated heterocycles. The van der Waals surface area contributed by atoms with E-state index in [0.717, 1.165) is 0 Å². The van der Waals surface area contributed by atoms with E-state index < -0.39 is 12.1 Å². The van der Waals surface area contributed by atoms with Gasteiger partial charge in [-0.3, -0.25) is 4.79 Å². The Balaban J connectivity index is 1.95. The Morgan fingerprint density at radius 1 is 1.07 bits per heavy atom. The highest BCUT2D eigenvalue weighted by Crippen LogP contribution is 2.15. The standard InChI is InChI=1S/C20H29ClN4O4/c1-14(2)13-17(23-20(28)29-3)18(26)24-9-4-10-25(12-11-24)19(27)22-16-7-5-15(21)6-8-16/h5-8,14,17H,4,9-13H2,1-3H3,(H,22,27)(H,23,28). The summed E-state index contributed by atoms with van der Waals surface area (Å²) in [5, 5.41) is 6.08. The van der Waals surface area contributed by atoms with E-state index >= 15 is 0 Å². The number of benzene rings is 1.